The number of aromatic nitrogens is 1. The topological polar surface area (TPSA) is 24.9 Å². The summed E-state index contributed by atoms with van der Waals surface area (Å²) in [7, 11) is 0. The maximum Gasteiger partial charge on any atom is 0.188 e. The average molecular weight is 323 g/mol. The van der Waals surface area contributed by atoms with E-state index in [1.165, 1.54) is 23.5 Å². The molecule has 18 heavy (non-hydrogen) atoms. The number of anilines is 2. The van der Waals surface area contributed by atoms with Crippen molar-refractivity contribution < 1.29 is 4.39 Å². The molecule has 0 aliphatic rings. The van der Waals surface area contributed by atoms with Gasteiger partial charge in [0.25, 0.3) is 0 Å². The third-order valence-electron chi connectivity index (χ3n) is 2.43. The van der Waals surface area contributed by atoms with Gasteiger partial charge in [-0.15, -0.1) is 0 Å². The maximum absolute atomic E-state index is 13.1. The van der Waals surface area contributed by atoms with Crippen molar-refractivity contribution in [3.8, 4) is 0 Å². The molecule has 5 heteroatoms. The lowest BCUT2D eigenvalue weighted by Gasteiger charge is -2.01. The van der Waals surface area contributed by atoms with Crippen LogP contribution in [-0.2, 0) is 0 Å². The monoisotopic (exact) mass is 322 g/mol. The first-order valence-corrected chi connectivity index (χ1v) is 6.90. The summed E-state index contributed by atoms with van der Waals surface area (Å²) in [6.07, 6.45) is 0. The Morgan fingerprint density at radius 3 is 2.89 bits per heavy atom. The van der Waals surface area contributed by atoms with Gasteiger partial charge in [-0.2, -0.15) is 0 Å². The van der Waals surface area contributed by atoms with Crippen molar-refractivity contribution in [2.75, 3.05) is 5.32 Å². The second kappa shape index (κ2) is 4.66. The molecule has 3 rings (SSSR count). The molecule has 1 N–H and O–H groups in total. The van der Waals surface area contributed by atoms with E-state index >= 15 is 0 Å². The average Bonchev–Trinajstić information content (AvgIpc) is 2.70. The smallest absolute Gasteiger partial charge is 0.188 e. The van der Waals surface area contributed by atoms with E-state index in [0.717, 1.165) is 20.0 Å². The second-order valence-corrected chi connectivity index (χ2v) is 5.71. The summed E-state index contributed by atoms with van der Waals surface area (Å²) >= 11 is 4.92. The SMILES string of the molecule is Fc1ccc2sc(Nc3cccc(Br)c3)nc2c1. The van der Waals surface area contributed by atoms with Crippen LogP contribution in [0.5, 0.6) is 0 Å². The first kappa shape index (κ1) is 11.6. The highest BCUT2D eigenvalue weighted by Gasteiger charge is 2.05. The molecular weight excluding hydrogens is 315 g/mol. The highest BCUT2D eigenvalue weighted by Crippen LogP contribution is 2.29. The number of hydrogen-bond acceptors (Lipinski definition) is 3. The van der Waals surface area contributed by atoms with Crippen LogP contribution >= 0.6 is 27.3 Å². The van der Waals surface area contributed by atoms with Crippen LogP contribution < -0.4 is 5.32 Å². The van der Waals surface area contributed by atoms with Crippen molar-refractivity contribution in [3.05, 3.63) is 52.8 Å². The molecule has 0 bridgehead atoms. The first-order valence-electron chi connectivity index (χ1n) is 5.29. The molecule has 1 heterocycles. The normalized spacial score (nSPS) is 10.8. The van der Waals surface area contributed by atoms with Gasteiger partial charge in [-0.3, -0.25) is 0 Å². The zero-order valence-corrected chi connectivity index (χ0v) is 11.6. The number of thiazole rings is 1. The highest BCUT2D eigenvalue weighted by atomic mass is 79.9. The van der Waals surface area contributed by atoms with E-state index in [4.69, 9.17) is 0 Å². The standard InChI is InChI=1S/C13H8BrFN2S/c14-8-2-1-3-10(6-8)16-13-17-11-7-9(15)4-5-12(11)18-13/h1-7H,(H,16,17). The van der Waals surface area contributed by atoms with Crippen LogP contribution in [0.25, 0.3) is 10.2 Å². The fraction of sp³-hybridized carbons (Fsp3) is 0. The molecule has 0 unspecified atom stereocenters. The van der Waals surface area contributed by atoms with Gasteiger partial charge in [0.1, 0.15) is 5.82 Å². The summed E-state index contributed by atoms with van der Waals surface area (Å²) in [6.45, 7) is 0. The summed E-state index contributed by atoms with van der Waals surface area (Å²) in [5.41, 5.74) is 1.63. The molecule has 0 spiro atoms. The minimum Gasteiger partial charge on any atom is -0.331 e. The summed E-state index contributed by atoms with van der Waals surface area (Å²) in [5, 5.41) is 3.97. The van der Waals surface area contributed by atoms with Crippen molar-refractivity contribution in [2.45, 2.75) is 0 Å². The Morgan fingerprint density at radius 2 is 2.06 bits per heavy atom. The summed E-state index contributed by atoms with van der Waals surface area (Å²) in [5.74, 6) is -0.262. The molecule has 0 amide bonds. The van der Waals surface area contributed by atoms with Crippen molar-refractivity contribution in [2.24, 2.45) is 0 Å². The van der Waals surface area contributed by atoms with Gasteiger partial charge in [-0.25, -0.2) is 9.37 Å². The number of nitrogens with zero attached hydrogens (tertiary/aromatic N) is 1. The lowest BCUT2D eigenvalue weighted by molar-refractivity contribution is 0.629. The Labute approximate surface area is 116 Å². The Balaban J connectivity index is 1.95. The number of rotatable bonds is 2. The van der Waals surface area contributed by atoms with Crippen molar-refractivity contribution >= 4 is 48.3 Å². The molecule has 2 nitrogen and oxygen atoms in total. The first-order chi connectivity index (χ1) is 8.70. The van der Waals surface area contributed by atoms with Gasteiger partial charge in [0.2, 0.25) is 0 Å². The minimum atomic E-state index is -0.262. The number of halogens is 2. The van der Waals surface area contributed by atoms with Crippen LogP contribution in [0, 0.1) is 5.82 Å². The van der Waals surface area contributed by atoms with E-state index in [0.29, 0.717) is 5.52 Å². The van der Waals surface area contributed by atoms with Crippen LogP contribution in [0.3, 0.4) is 0 Å². The van der Waals surface area contributed by atoms with Crippen molar-refractivity contribution in [1.29, 1.82) is 0 Å². The van der Waals surface area contributed by atoms with Gasteiger partial charge >= 0.3 is 0 Å². The summed E-state index contributed by atoms with van der Waals surface area (Å²) in [4.78, 5) is 4.35. The summed E-state index contributed by atoms with van der Waals surface area (Å²) < 4.78 is 15.0. The summed E-state index contributed by atoms with van der Waals surface area (Å²) in [6, 6.07) is 12.5. The molecular formula is C13H8BrFN2S. The Bertz CT molecular complexity index is 711. The van der Waals surface area contributed by atoms with Gasteiger partial charge in [0.15, 0.2) is 5.13 Å². The van der Waals surface area contributed by atoms with E-state index in [2.05, 4.69) is 26.2 Å². The van der Waals surface area contributed by atoms with Gasteiger partial charge in [-0.05, 0) is 30.3 Å². The number of hydrogen-bond donors (Lipinski definition) is 1. The van der Waals surface area contributed by atoms with Gasteiger partial charge in [-0.1, -0.05) is 33.3 Å². The fourth-order valence-corrected chi connectivity index (χ4v) is 2.91. The maximum atomic E-state index is 13.1. The molecule has 0 saturated heterocycles. The van der Waals surface area contributed by atoms with Gasteiger partial charge < -0.3 is 5.32 Å². The lowest BCUT2D eigenvalue weighted by Crippen LogP contribution is -1.88. The molecule has 90 valence electrons. The zero-order valence-electron chi connectivity index (χ0n) is 9.15. The third-order valence-corrected chi connectivity index (χ3v) is 3.87. The Hall–Kier alpha value is -1.46. The Kier molecular flexibility index (Phi) is 3.01. The van der Waals surface area contributed by atoms with E-state index in [9.17, 15) is 4.39 Å². The van der Waals surface area contributed by atoms with E-state index in [1.54, 1.807) is 6.07 Å². The van der Waals surface area contributed by atoms with Crippen LogP contribution in [0.2, 0.25) is 0 Å². The molecule has 0 fully saturated rings. The molecule has 2 aromatic carbocycles. The van der Waals surface area contributed by atoms with Crippen LogP contribution in [0.1, 0.15) is 0 Å². The minimum absolute atomic E-state index is 0.262. The van der Waals surface area contributed by atoms with Crippen molar-refractivity contribution in [3.63, 3.8) is 0 Å². The van der Waals surface area contributed by atoms with Gasteiger partial charge in [0.05, 0.1) is 10.2 Å². The fourth-order valence-electron chi connectivity index (χ4n) is 1.64. The lowest BCUT2D eigenvalue weighted by atomic mass is 10.3. The molecule has 3 aromatic rings. The van der Waals surface area contributed by atoms with E-state index in [1.807, 2.05) is 24.3 Å². The predicted octanol–water partition coefficient (Wildman–Crippen LogP) is 4.94. The Morgan fingerprint density at radius 1 is 1.17 bits per heavy atom. The van der Waals surface area contributed by atoms with E-state index < -0.39 is 0 Å². The van der Waals surface area contributed by atoms with Crippen LogP contribution in [0.15, 0.2) is 46.9 Å². The number of benzene rings is 2. The third kappa shape index (κ3) is 2.37. The number of nitrogens with one attached hydrogen (secondary N) is 1. The van der Waals surface area contributed by atoms with Crippen LogP contribution in [0.4, 0.5) is 15.2 Å². The second-order valence-electron chi connectivity index (χ2n) is 3.77. The quantitative estimate of drug-likeness (QED) is 0.722. The molecule has 1 aromatic heterocycles. The van der Waals surface area contributed by atoms with Crippen molar-refractivity contribution in [1.82, 2.24) is 4.98 Å². The molecule has 0 aliphatic heterocycles. The van der Waals surface area contributed by atoms with E-state index in [-0.39, 0.29) is 5.82 Å². The molecule has 0 aliphatic carbocycles. The largest absolute Gasteiger partial charge is 0.331 e. The molecule has 0 atom stereocenters. The highest BCUT2D eigenvalue weighted by molar-refractivity contribution is 9.10. The van der Waals surface area contributed by atoms with Crippen LogP contribution in [-0.4, -0.2) is 4.98 Å². The zero-order chi connectivity index (χ0) is 12.5. The number of fused-ring (bicyclic) bond motifs is 1. The molecule has 0 saturated carbocycles. The molecule has 0 radical (unpaired) electrons. The predicted molar refractivity (Wildman–Crippen MR) is 77.0 cm³/mol. The van der Waals surface area contributed by atoms with Gasteiger partial charge in [0, 0.05) is 16.2 Å².